The predicted octanol–water partition coefficient (Wildman–Crippen LogP) is 1.63. The van der Waals surface area contributed by atoms with Crippen LogP contribution >= 0.6 is 0 Å². The maximum atomic E-state index is 5.94. The molecule has 0 bridgehead atoms. The highest BCUT2D eigenvalue weighted by Crippen LogP contribution is 2.28. The van der Waals surface area contributed by atoms with E-state index >= 15 is 0 Å². The Kier molecular flexibility index (Phi) is 3.57. The summed E-state index contributed by atoms with van der Waals surface area (Å²) in [7, 11) is 2.20. The summed E-state index contributed by atoms with van der Waals surface area (Å²) in [6.07, 6.45) is 4.17. The van der Waals surface area contributed by atoms with Crippen molar-refractivity contribution in [2.45, 2.75) is 63.8 Å². The Labute approximate surface area is 99.5 Å². The van der Waals surface area contributed by atoms with E-state index in [4.69, 9.17) is 4.74 Å². The fourth-order valence-electron chi connectivity index (χ4n) is 2.70. The number of likely N-dealkylation sites (tertiary alicyclic amines) is 1. The molecule has 1 aliphatic heterocycles. The summed E-state index contributed by atoms with van der Waals surface area (Å²) in [6.45, 7) is 8.87. The van der Waals surface area contributed by atoms with Gasteiger partial charge in [0.1, 0.15) is 0 Å². The van der Waals surface area contributed by atoms with Gasteiger partial charge in [0.05, 0.1) is 11.7 Å². The first-order valence-electron chi connectivity index (χ1n) is 6.55. The van der Waals surface area contributed by atoms with Gasteiger partial charge >= 0.3 is 0 Å². The number of nitrogens with zero attached hydrogens (tertiary/aromatic N) is 1. The minimum absolute atomic E-state index is 0.0171. The largest absolute Gasteiger partial charge is 0.373 e. The third-order valence-corrected chi connectivity index (χ3v) is 3.48. The molecule has 1 saturated carbocycles. The van der Waals surface area contributed by atoms with Crippen molar-refractivity contribution >= 4 is 0 Å². The number of hydrogen-bond acceptors (Lipinski definition) is 3. The predicted molar refractivity (Wildman–Crippen MR) is 66.7 cm³/mol. The topological polar surface area (TPSA) is 24.5 Å². The first-order valence-corrected chi connectivity index (χ1v) is 6.55. The van der Waals surface area contributed by atoms with E-state index in [0.717, 1.165) is 0 Å². The van der Waals surface area contributed by atoms with Crippen LogP contribution in [0.3, 0.4) is 0 Å². The molecule has 2 aliphatic rings. The molecule has 3 heteroatoms. The fraction of sp³-hybridized carbons (Fsp3) is 1.00. The second-order valence-electron chi connectivity index (χ2n) is 6.44. The van der Waals surface area contributed by atoms with Crippen LogP contribution in [-0.2, 0) is 4.74 Å². The third kappa shape index (κ3) is 3.44. The average molecular weight is 226 g/mol. The smallest absolute Gasteiger partial charge is 0.0612 e. The van der Waals surface area contributed by atoms with E-state index in [0.29, 0.717) is 18.2 Å². The molecule has 0 aromatic rings. The maximum absolute atomic E-state index is 5.94. The minimum Gasteiger partial charge on any atom is -0.373 e. The van der Waals surface area contributed by atoms with Gasteiger partial charge in [-0.1, -0.05) is 0 Å². The van der Waals surface area contributed by atoms with E-state index in [1.807, 2.05) is 0 Å². The highest BCUT2D eigenvalue weighted by atomic mass is 16.5. The van der Waals surface area contributed by atoms with Crippen molar-refractivity contribution in [1.82, 2.24) is 10.2 Å². The van der Waals surface area contributed by atoms with Crippen molar-refractivity contribution in [3.05, 3.63) is 0 Å². The van der Waals surface area contributed by atoms with Gasteiger partial charge in [-0.25, -0.2) is 0 Å². The molecule has 0 amide bonds. The first-order chi connectivity index (χ1) is 7.42. The molecule has 2 rings (SSSR count). The molecule has 0 spiro atoms. The van der Waals surface area contributed by atoms with Crippen LogP contribution in [0.1, 0.15) is 40.0 Å². The molecule has 0 aromatic carbocycles. The minimum atomic E-state index is 0.0171. The number of hydrogen-bond donors (Lipinski definition) is 1. The van der Waals surface area contributed by atoms with Gasteiger partial charge in [-0.05, 0) is 53.6 Å². The Bertz CT molecular complexity index is 231. The number of likely N-dealkylation sites (N-methyl/N-ethyl adjacent to an activating group) is 1. The lowest BCUT2D eigenvalue weighted by Gasteiger charge is -2.40. The van der Waals surface area contributed by atoms with E-state index in [2.05, 4.69) is 38.0 Å². The van der Waals surface area contributed by atoms with Crippen LogP contribution in [0, 0.1) is 0 Å². The van der Waals surface area contributed by atoms with Crippen molar-refractivity contribution in [2.24, 2.45) is 0 Å². The summed E-state index contributed by atoms with van der Waals surface area (Å²) in [5.41, 5.74) is 0.0171. The van der Waals surface area contributed by atoms with Crippen LogP contribution in [0.25, 0.3) is 0 Å². The second-order valence-corrected chi connectivity index (χ2v) is 6.44. The summed E-state index contributed by atoms with van der Waals surface area (Å²) in [4.78, 5) is 2.40. The molecule has 3 nitrogen and oxygen atoms in total. The van der Waals surface area contributed by atoms with Gasteiger partial charge in [0.2, 0.25) is 0 Å². The van der Waals surface area contributed by atoms with E-state index < -0.39 is 0 Å². The highest BCUT2D eigenvalue weighted by molar-refractivity contribution is 4.91. The highest BCUT2D eigenvalue weighted by Gasteiger charge is 2.34. The Morgan fingerprint density at radius 2 is 1.88 bits per heavy atom. The van der Waals surface area contributed by atoms with Gasteiger partial charge in [0, 0.05) is 18.6 Å². The zero-order chi connectivity index (χ0) is 11.8. The van der Waals surface area contributed by atoms with Crippen LogP contribution in [-0.4, -0.2) is 48.8 Å². The lowest BCUT2D eigenvalue weighted by Crippen LogP contribution is -2.51. The summed E-state index contributed by atoms with van der Waals surface area (Å²) in [5.74, 6) is 0. The molecule has 0 aromatic heterocycles. The molecule has 1 atom stereocenters. The maximum Gasteiger partial charge on any atom is 0.0612 e. The zero-order valence-corrected chi connectivity index (χ0v) is 11.1. The van der Waals surface area contributed by atoms with Crippen LogP contribution in [0.2, 0.25) is 0 Å². The monoisotopic (exact) mass is 226 g/mol. The van der Waals surface area contributed by atoms with Crippen molar-refractivity contribution < 1.29 is 4.74 Å². The average Bonchev–Trinajstić information content (AvgIpc) is 2.45. The molecule has 1 aliphatic carbocycles. The second kappa shape index (κ2) is 4.63. The van der Waals surface area contributed by atoms with E-state index in [1.165, 1.54) is 32.4 Å². The van der Waals surface area contributed by atoms with Crippen LogP contribution < -0.4 is 5.32 Å². The van der Waals surface area contributed by atoms with Crippen molar-refractivity contribution in [3.63, 3.8) is 0 Å². The van der Waals surface area contributed by atoms with Crippen LogP contribution in [0.5, 0.6) is 0 Å². The SMILES string of the molecule is CN1CCC(NC2CC(OC(C)(C)C)C2)C1. The van der Waals surface area contributed by atoms with E-state index in [1.54, 1.807) is 0 Å². The Morgan fingerprint density at radius 1 is 1.19 bits per heavy atom. The van der Waals surface area contributed by atoms with E-state index in [-0.39, 0.29) is 5.60 Å². The van der Waals surface area contributed by atoms with Crippen molar-refractivity contribution in [2.75, 3.05) is 20.1 Å². The van der Waals surface area contributed by atoms with Gasteiger partial charge < -0.3 is 15.0 Å². The molecule has 1 N–H and O–H groups in total. The standard InChI is InChI=1S/C13H26N2O/c1-13(2,3)16-12-7-11(8-12)14-10-5-6-15(4)9-10/h10-12,14H,5-9H2,1-4H3. The molecule has 2 fully saturated rings. The van der Waals surface area contributed by atoms with Gasteiger partial charge in [0.25, 0.3) is 0 Å². The lowest BCUT2D eigenvalue weighted by molar-refractivity contribution is -0.103. The third-order valence-electron chi connectivity index (χ3n) is 3.48. The lowest BCUT2D eigenvalue weighted by atomic mass is 9.88. The normalized spacial score (nSPS) is 36.4. The molecule has 1 saturated heterocycles. The van der Waals surface area contributed by atoms with E-state index in [9.17, 15) is 0 Å². The number of nitrogens with one attached hydrogen (secondary N) is 1. The fourth-order valence-corrected chi connectivity index (χ4v) is 2.70. The summed E-state index contributed by atoms with van der Waals surface area (Å²) < 4.78 is 5.94. The summed E-state index contributed by atoms with van der Waals surface area (Å²) in [5, 5.41) is 3.74. The molecule has 0 radical (unpaired) electrons. The molecular formula is C13H26N2O. The molecule has 94 valence electrons. The summed E-state index contributed by atoms with van der Waals surface area (Å²) >= 11 is 0. The van der Waals surface area contributed by atoms with Crippen molar-refractivity contribution in [1.29, 1.82) is 0 Å². The van der Waals surface area contributed by atoms with Gasteiger partial charge in [0.15, 0.2) is 0 Å². The van der Waals surface area contributed by atoms with Gasteiger partial charge in [-0.2, -0.15) is 0 Å². The Hall–Kier alpha value is -0.120. The molecule has 1 heterocycles. The van der Waals surface area contributed by atoms with Crippen LogP contribution in [0.15, 0.2) is 0 Å². The molecule has 16 heavy (non-hydrogen) atoms. The van der Waals surface area contributed by atoms with Gasteiger partial charge in [-0.15, -0.1) is 0 Å². The quantitative estimate of drug-likeness (QED) is 0.791. The van der Waals surface area contributed by atoms with Crippen LogP contribution in [0.4, 0.5) is 0 Å². The Morgan fingerprint density at radius 3 is 2.38 bits per heavy atom. The molecule has 1 unspecified atom stereocenters. The summed E-state index contributed by atoms with van der Waals surface area (Å²) in [6, 6.07) is 1.41. The van der Waals surface area contributed by atoms with Crippen molar-refractivity contribution in [3.8, 4) is 0 Å². The number of ether oxygens (including phenoxy) is 1. The molecular weight excluding hydrogens is 200 g/mol. The zero-order valence-electron chi connectivity index (χ0n) is 11.1. The Balaban J connectivity index is 1.62. The number of rotatable bonds is 3. The van der Waals surface area contributed by atoms with Gasteiger partial charge in [-0.3, -0.25) is 0 Å². The first kappa shape index (κ1) is 12.3.